The van der Waals surface area contributed by atoms with Crippen molar-refractivity contribution in [1.82, 2.24) is 46.2 Å². The van der Waals surface area contributed by atoms with Gasteiger partial charge in [0.05, 0.1) is 42.7 Å². The Kier molecular flexibility index (Phi) is 31.7. The number of rotatable bonds is 38. The van der Waals surface area contributed by atoms with Gasteiger partial charge in [0.15, 0.2) is 0 Å². The Hall–Kier alpha value is -7.51. The predicted molar refractivity (Wildman–Crippen MR) is 351 cm³/mol. The lowest BCUT2D eigenvalue weighted by molar-refractivity contribution is -0.148. The summed E-state index contributed by atoms with van der Waals surface area (Å²) in [7, 11) is 8.38. The van der Waals surface area contributed by atoms with Gasteiger partial charge >= 0.3 is 6.03 Å². The largest absolute Gasteiger partial charge is 0.379 e. The minimum absolute atomic E-state index is 0.00753. The van der Waals surface area contributed by atoms with Crippen LogP contribution >= 0.6 is 0 Å². The van der Waals surface area contributed by atoms with Crippen LogP contribution in [0.4, 0.5) is 16.2 Å². The maximum absolute atomic E-state index is 14.6. The fraction of sp³-hybridized carbons (Fsp3) is 0.657. The number of imide groups is 1. The number of anilines is 2. The number of primary amides is 1. The Bertz CT molecular complexity index is 2760. The molecule has 4 rings (SSSR count). The molecular formula is C67H106N12O13. The second-order valence-electron chi connectivity index (χ2n) is 25.8. The van der Waals surface area contributed by atoms with Crippen LogP contribution in [0, 0.1) is 29.6 Å². The first-order valence-electron chi connectivity index (χ1n) is 32.7. The number of amides is 12. The molecule has 0 radical (unpaired) electrons. The minimum Gasteiger partial charge on any atom is -0.379 e. The number of nitrogens with two attached hydrogens (primary N) is 1. The Morgan fingerprint density at radius 1 is 0.663 bits per heavy atom. The molecule has 0 bridgehead atoms. The molecule has 0 aromatic heterocycles. The van der Waals surface area contributed by atoms with Gasteiger partial charge in [-0.3, -0.25) is 57.7 Å². The van der Waals surface area contributed by atoms with Crippen LogP contribution in [0.25, 0.3) is 0 Å². The molecule has 2 fully saturated rings. The molecule has 0 unspecified atom stereocenters. The van der Waals surface area contributed by atoms with E-state index >= 15 is 0 Å². The van der Waals surface area contributed by atoms with E-state index in [9.17, 15) is 52.7 Å². The van der Waals surface area contributed by atoms with Crippen LogP contribution < -0.4 is 43.0 Å². The maximum Gasteiger partial charge on any atom is 0.312 e. The van der Waals surface area contributed by atoms with Crippen molar-refractivity contribution < 1.29 is 62.2 Å². The van der Waals surface area contributed by atoms with Crippen molar-refractivity contribution in [2.45, 2.75) is 200 Å². The lowest BCUT2D eigenvalue weighted by Gasteiger charge is -2.41. The van der Waals surface area contributed by atoms with Crippen LogP contribution in [0.2, 0.25) is 0 Å². The SMILES string of the molecule is CC[C@H](C)[C@@H]([C@@H](CC(=O)N1CCC[C@H]1[C@H](OC)[C@@H](C)C(=O)N[C@@H](Cc1ccccc1)C(=O)Nc1ccc(NC(=O)[C@H](CCCNC(N)=O)NC(=O)[C@@H](NC(=O)CCCCCN2C(=O)CCC2=O)C(C)C)cc1)OC)N(C)C(=O)[C@@H](NC(=O)[C@H](C(C)C)N(C)C)C(C)C. The highest BCUT2D eigenvalue weighted by Gasteiger charge is 2.44. The molecule has 2 saturated heterocycles. The van der Waals surface area contributed by atoms with E-state index < -0.39 is 90.1 Å². The molecule has 0 saturated carbocycles. The van der Waals surface area contributed by atoms with E-state index in [1.807, 2.05) is 90.9 Å². The average Bonchev–Trinajstić information content (AvgIpc) is 1.50. The van der Waals surface area contributed by atoms with E-state index in [-0.39, 0.29) is 111 Å². The van der Waals surface area contributed by atoms with E-state index in [4.69, 9.17) is 15.2 Å². The number of urea groups is 1. The van der Waals surface area contributed by atoms with Gasteiger partial charge in [-0.25, -0.2) is 4.79 Å². The Labute approximate surface area is 544 Å². The van der Waals surface area contributed by atoms with Crippen molar-refractivity contribution in [1.29, 1.82) is 0 Å². The van der Waals surface area contributed by atoms with Gasteiger partial charge in [-0.05, 0) is 106 Å². The van der Waals surface area contributed by atoms with E-state index in [1.165, 1.54) is 19.1 Å². The number of methoxy groups -OCH3 is 2. The quantitative estimate of drug-likeness (QED) is 0.0333. The van der Waals surface area contributed by atoms with Gasteiger partial charge < -0.3 is 62.2 Å². The van der Waals surface area contributed by atoms with Gasteiger partial charge in [-0.1, -0.05) is 105 Å². The first-order chi connectivity index (χ1) is 43.5. The van der Waals surface area contributed by atoms with Gasteiger partial charge in [-0.2, -0.15) is 0 Å². The Morgan fingerprint density at radius 3 is 1.78 bits per heavy atom. The van der Waals surface area contributed by atoms with Crippen LogP contribution in [0.3, 0.4) is 0 Å². The molecule has 11 atom stereocenters. The second-order valence-corrected chi connectivity index (χ2v) is 25.8. The molecule has 2 aromatic carbocycles. The zero-order valence-electron chi connectivity index (χ0n) is 56.8. The molecule has 512 valence electrons. The second kappa shape index (κ2) is 37.9. The average molecular weight is 1290 g/mol. The van der Waals surface area contributed by atoms with Gasteiger partial charge in [-0.15, -0.1) is 0 Å². The number of unbranched alkanes of at least 4 members (excludes halogenated alkanes) is 2. The Morgan fingerprint density at radius 2 is 1.25 bits per heavy atom. The van der Waals surface area contributed by atoms with E-state index in [0.717, 1.165) is 5.56 Å². The predicted octanol–water partition coefficient (Wildman–Crippen LogP) is 4.72. The van der Waals surface area contributed by atoms with Crippen molar-refractivity contribution in [3.05, 3.63) is 60.2 Å². The highest BCUT2D eigenvalue weighted by molar-refractivity contribution is 6.02. The summed E-state index contributed by atoms with van der Waals surface area (Å²) >= 11 is 0. The normalized spacial score (nSPS) is 17.4. The molecule has 12 amide bonds. The minimum atomic E-state index is -1.12. The zero-order chi connectivity index (χ0) is 68.5. The first kappa shape index (κ1) is 76.9. The number of ether oxygens (including phenoxy) is 2. The van der Waals surface area contributed by atoms with Crippen molar-refractivity contribution >= 4 is 76.5 Å². The number of benzene rings is 2. The monoisotopic (exact) mass is 1290 g/mol. The molecule has 2 heterocycles. The topological polar surface area (TPSA) is 329 Å². The lowest BCUT2D eigenvalue weighted by atomic mass is 9.89. The molecule has 25 nitrogen and oxygen atoms in total. The summed E-state index contributed by atoms with van der Waals surface area (Å²) < 4.78 is 12.2. The summed E-state index contributed by atoms with van der Waals surface area (Å²) in [5.74, 6) is -5.32. The third-order valence-electron chi connectivity index (χ3n) is 17.6. The van der Waals surface area contributed by atoms with Crippen LogP contribution in [-0.4, -0.2) is 194 Å². The van der Waals surface area contributed by atoms with Gasteiger partial charge in [0.1, 0.15) is 24.2 Å². The molecule has 9 N–H and O–H groups in total. The number of hydrogen-bond acceptors (Lipinski definition) is 14. The van der Waals surface area contributed by atoms with Gasteiger partial charge in [0, 0.05) is 78.0 Å². The fourth-order valence-electron chi connectivity index (χ4n) is 12.3. The van der Waals surface area contributed by atoms with Crippen molar-refractivity contribution in [3.8, 4) is 0 Å². The van der Waals surface area contributed by atoms with Crippen LogP contribution in [-0.2, 0) is 63.8 Å². The van der Waals surface area contributed by atoms with Gasteiger partial charge in [0.2, 0.25) is 59.1 Å². The summed E-state index contributed by atoms with van der Waals surface area (Å²) in [4.78, 5) is 154. The highest BCUT2D eigenvalue weighted by Crippen LogP contribution is 2.30. The standard InChI is InChI=1S/C67H106N12O13/c1-15-43(8)59(77(12)66(89)57(41(4)5)75-65(88)58(42(6)7)76(10)11)51(91-13)39-55(83)78-37-23-27-50(78)60(92-14)44(9)61(84)73-49(38-45-24-18-16-19-25-45)63(86)71-47-31-29-46(30-32-47)70-62(85)48(26-22-35-69-67(68)90)72-64(87)56(40(2)3)74-52(80)28-20-17-21-36-79-53(81)33-34-54(79)82/h16,18-19,24-25,29-32,40-44,48-51,56-60H,15,17,20-23,26-28,33-39H2,1-14H3,(H,70,85)(H,71,86)(H,72,87)(H,73,84)(H,74,80)(H,75,88)(H3,68,69,90)/t43-,44+,48-,49-,50-,51+,56-,57-,58-,59-,60+/m0/s1. The highest BCUT2D eigenvalue weighted by atomic mass is 16.5. The van der Waals surface area contributed by atoms with Crippen molar-refractivity contribution in [2.24, 2.45) is 35.3 Å². The summed E-state index contributed by atoms with van der Waals surface area (Å²) in [5.41, 5.74) is 6.69. The van der Waals surface area contributed by atoms with Crippen LogP contribution in [0.1, 0.15) is 145 Å². The maximum atomic E-state index is 14.6. The number of hydrogen-bond donors (Lipinski definition) is 8. The fourth-order valence-corrected chi connectivity index (χ4v) is 12.3. The molecule has 92 heavy (non-hydrogen) atoms. The summed E-state index contributed by atoms with van der Waals surface area (Å²) in [6.45, 7) is 17.7. The van der Waals surface area contributed by atoms with Crippen LogP contribution in [0.15, 0.2) is 54.6 Å². The number of carbonyl (C=O) groups excluding carboxylic acids is 11. The molecular weight excluding hydrogens is 1180 g/mol. The molecule has 0 aliphatic carbocycles. The van der Waals surface area contributed by atoms with Crippen molar-refractivity contribution in [3.63, 3.8) is 0 Å². The number of nitrogens with one attached hydrogen (secondary N) is 7. The summed E-state index contributed by atoms with van der Waals surface area (Å²) in [5, 5.41) is 19.7. The third-order valence-corrected chi connectivity index (χ3v) is 17.6. The number of carbonyl (C=O) groups is 11. The zero-order valence-corrected chi connectivity index (χ0v) is 56.8. The molecule has 25 heteroatoms. The van der Waals surface area contributed by atoms with E-state index in [2.05, 4.69) is 37.2 Å². The molecule has 2 aliphatic rings. The summed E-state index contributed by atoms with van der Waals surface area (Å²) in [6.07, 6.45) is 2.84. The number of nitrogens with zero attached hydrogens (tertiary/aromatic N) is 4. The van der Waals surface area contributed by atoms with E-state index in [0.29, 0.717) is 63.0 Å². The van der Waals surface area contributed by atoms with Crippen LogP contribution in [0.5, 0.6) is 0 Å². The summed E-state index contributed by atoms with van der Waals surface area (Å²) in [6, 6.07) is 9.11. The molecule has 2 aromatic rings. The molecule has 2 aliphatic heterocycles. The first-order valence-corrected chi connectivity index (χ1v) is 32.7. The lowest BCUT2D eigenvalue weighted by Crippen LogP contribution is -2.59. The number of likely N-dealkylation sites (tertiary alicyclic amines) is 2. The number of likely N-dealkylation sites (N-methyl/N-ethyl adjacent to an activating group) is 2. The molecule has 0 spiro atoms. The van der Waals surface area contributed by atoms with Gasteiger partial charge in [0.25, 0.3) is 0 Å². The smallest absolute Gasteiger partial charge is 0.312 e. The van der Waals surface area contributed by atoms with Crippen molar-refractivity contribution in [2.75, 3.05) is 65.6 Å². The third kappa shape index (κ3) is 23.0. The Balaban J connectivity index is 1.45. The van der Waals surface area contributed by atoms with E-state index in [1.54, 1.807) is 61.9 Å².